The molecule has 1 fully saturated rings. The van der Waals surface area contributed by atoms with Crippen LogP contribution in [-0.4, -0.2) is 10.0 Å². The molecule has 5 nitrogen and oxygen atoms in total. The Bertz CT molecular complexity index is 493. The van der Waals surface area contributed by atoms with Crippen molar-refractivity contribution in [2.75, 3.05) is 0 Å². The highest BCUT2D eigenvalue weighted by atomic mass is 35.5. The number of nitro benzene ring substituents is 1. The Morgan fingerprint density at radius 2 is 1.95 bits per heavy atom. The van der Waals surface area contributed by atoms with E-state index in [2.05, 4.69) is 0 Å². The van der Waals surface area contributed by atoms with E-state index < -0.39 is 22.5 Å². The van der Waals surface area contributed by atoms with Gasteiger partial charge in [0.05, 0.1) is 11.0 Å². The largest absolute Gasteiger partial charge is 0.505 e. The lowest BCUT2D eigenvalue weighted by Gasteiger charge is -2.28. The molecule has 0 aromatic heterocycles. The molecule has 1 atom stereocenters. The Hall–Kier alpha value is -1.40. The molecule has 1 aliphatic carbocycles. The van der Waals surface area contributed by atoms with Crippen molar-refractivity contribution in [3.8, 4) is 5.75 Å². The molecule has 3 N–H and O–H groups in total. The summed E-state index contributed by atoms with van der Waals surface area (Å²) < 4.78 is 13.5. The number of non-ortho nitro benzene ring substituents is 1. The maximum absolute atomic E-state index is 13.5. The standard InChI is InChI=1S/C13H17FN2O3.ClH/c14-11-7-9(16(18)19)6-10(13(11)17)12(15)8-4-2-1-3-5-8;/h6-8,12,17H,1-5,15H2;1H/t12-;/m0./s1. The second kappa shape index (κ2) is 6.85. The van der Waals surface area contributed by atoms with Gasteiger partial charge in [0.25, 0.3) is 5.69 Å². The van der Waals surface area contributed by atoms with Gasteiger partial charge in [0.1, 0.15) is 0 Å². The maximum atomic E-state index is 13.5. The zero-order chi connectivity index (χ0) is 14.0. The zero-order valence-electron chi connectivity index (χ0n) is 10.9. The summed E-state index contributed by atoms with van der Waals surface area (Å²) in [6.07, 6.45) is 5.07. The molecule has 0 spiro atoms. The quantitative estimate of drug-likeness (QED) is 0.661. The van der Waals surface area contributed by atoms with Crippen molar-refractivity contribution in [3.63, 3.8) is 0 Å². The van der Waals surface area contributed by atoms with E-state index in [1.165, 1.54) is 6.07 Å². The van der Waals surface area contributed by atoms with Crippen molar-refractivity contribution in [1.82, 2.24) is 0 Å². The molecule has 1 saturated carbocycles. The molecule has 20 heavy (non-hydrogen) atoms. The van der Waals surface area contributed by atoms with Gasteiger partial charge in [-0.2, -0.15) is 0 Å². The summed E-state index contributed by atoms with van der Waals surface area (Å²) in [4.78, 5) is 10.1. The Morgan fingerprint density at radius 1 is 1.35 bits per heavy atom. The van der Waals surface area contributed by atoms with Gasteiger partial charge in [-0.15, -0.1) is 12.4 Å². The topological polar surface area (TPSA) is 89.4 Å². The number of halogens is 2. The van der Waals surface area contributed by atoms with Gasteiger partial charge in [-0.1, -0.05) is 19.3 Å². The van der Waals surface area contributed by atoms with Gasteiger partial charge in [-0.05, 0) is 18.8 Å². The first-order valence-corrected chi connectivity index (χ1v) is 6.43. The molecule has 1 aromatic carbocycles. The van der Waals surface area contributed by atoms with E-state index in [4.69, 9.17) is 5.73 Å². The van der Waals surface area contributed by atoms with E-state index in [0.29, 0.717) is 6.07 Å². The normalized spacial score (nSPS) is 17.3. The molecule has 0 aliphatic heterocycles. The van der Waals surface area contributed by atoms with Crippen LogP contribution in [-0.2, 0) is 0 Å². The summed E-state index contributed by atoms with van der Waals surface area (Å²) in [6.45, 7) is 0. The van der Waals surface area contributed by atoms with Gasteiger partial charge in [0, 0.05) is 17.7 Å². The lowest BCUT2D eigenvalue weighted by Crippen LogP contribution is -2.24. The molecule has 0 saturated heterocycles. The second-order valence-corrected chi connectivity index (χ2v) is 5.05. The Kier molecular flexibility index (Phi) is 5.71. The van der Waals surface area contributed by atoms with Gasteiger partial charge < -0.3 is 10.8 Å². The predicted octanol–water partition coefficient (Wildman–Crippen LogP) is 3.44. The lowest BCUT2D eigenvalue weighted by molar-refractivity contribution is -0.385. The van der Waals surface area contributed by atoms with Gasteiger partial charge in [-0.25, -0.2) is 4.39 Å². The molecule has 0 amide bonds. The van der Waals surface area contributed by atoms with Crippen LogP contribution in [0.2, 0.25) is 0 Å². The van der Waals surface area contributed by atoms with Crippen LogP contribution in [0.25, 0.3) is 0 Å². The Labute approximate surface area is 122 Å². The van der Waals surface area contributed by atoms with E-state index in [1.807, 2.05) is 0 Å². The van der Waals surface area contributed by atoms with E-state index in [9.17, 15) is 19.6 Å². The number of nitrogens with zero attached hydrogens (tertiary/aromatic N) is 1. The first-order chi connectivity index (χ1) is 9.00. The molecule has 0 unspecified atom stereocenters. The number of aromatic hydroxyl groups is 1. The fourth-order valence-corrected chi connectivity index (χ4v) is 2.71. The average Bonchev–Trinajstić information content (AvgIpc) is 2.41. The van der Waals surface area contributed by atoms with Crippen LogP contribution >= 0.6 is 12.4 Å². The summed E-state index contributed by atoms with van der Waals surface area (Å²) in [5.41, 5.74) is 5.82. The molecule has 7 heteroatoms. The van der Waals surface area contributed by atoms with Gasteiger partial charge in [-0.3, -0.25) is 10.1 Å². The minimum absolute atomic E-state index is 0. The number of hydrogen-bond acceptors (Lipinski definition) is 4. The maximum Gasteiger partial charge on any atom is 0.272 e. The van der Waals surface area contributed by atoms with Crippen LogP contribution in [0.3, 0.4) is 0 Å². The van der Waals surface area contributed by atoms with Crippen LogP contribution in [0.5, 0.6) is 5.75 Å². The molecule has 1 aliphatic rings. The Morgan fingerprint density at radius 3 is 2.50 bits per heavy atom. The van der Waals surface area contributed by atoms with Crippen molar-refractivity contribution >= 4 is 18.1 Å². The third-order valence-electron chi connectivity index (χ3n) is 3.81. The highest BCUT2D eigenvalue weighted by molar-refractivity contribution is 5.85. The van der Waals surface area contributed by atoms with Crippen LogP contribution in [0.15, 0.2) is 12.1 Å². The van der Waals surface area contributed by atoms with E-state index in [0.717, 1.165) is 32.1 Å². The van der Waals surface area contributed by atoms with E-state index in [1.54, 1.807) is 0 Å². The van der Waals surface area contributed by atoms with Crippen LogP contribution in [0.1, 0.15) is 43.7 Å². The minimum atomic E-state index is -0.990. The lowest BCUT2D eigenvalue weighted by atomic mass is 9.81. The number of hydrogen-bond donors (Lipinski definition) is 2. The molecular weight excluding hydrogens is 287 g/mol. The van der Waals surface area contributed by atoms with E-state index in [-0.39, 0.29) is 29.6 Å². The zero-order valence-corrected chi connectivity index (χ0v) is 11.7. The third kappa shape index (κ3) is 3.37. The summed E-state index contributed by atoms with van der Waals surface area (Å²) in [5.74, 6) is -1.42. The number of nitrogens with two attached hydrogens (primary N) is 1. The van der Waals surface area contributed by atoms with Crippen molar-refractivity contribution in [1.29, 1.82) is 0 Å². The first kappa shape index (κ1) is 16.7. The smallest absolute Gasteiger partial charge is 0.272 e. The van der Waals surface area contributed by atoms with Gasteiger partial charge >= 0.3 is 0 Å². The molecule has 112 valence electrons. The number of phenols is 1. The molecular formula is C13H18ClFN2O3. The molecule has 0 heterocycles. The number of phenolic OH excluding ortho intramolecular Hbond substituents is 1. The highest BCUT2D eigenvalue weighted by Crippen LogP contribution is 2.38. The fourth-order valence-electron chi connectivity index (χ4n) is 2.71. The number of rotatable bonds is 3. The SMILES string of the molecule is Cl.N[C@H](c1cc([N+](=O)[O-])cc(F)c1O)C1CCCCC1. The summed E-state index contributed by atoms with van der Waals surface area (Å²) in [7, 11) is 0. The third-order valence-corrected chi connectivity index (χ3v) is 3.81. The van der Waals surface area contributed by atoms with Crippen LogP contribution in [0, 0.1) is 21.8 Å². The number of nitro groups is 1. The van der Waals surface area contributed by atoms with Crippen molar-refractivity contribution in [3.05, 3.63) is 33.6 Å². The van der Waals surface area contributed by atoms with E-state index >= 15 is 0 Å². The second-order valence-electron chi connectivity index (χ2n) is 5.05. The van der Waals surface area contributed by atoms with Crippen molar-refractivity contribution in [2.24, 2.45) is 11.7 Å². The molecule has 2 rings (SSSR count). The molecule has 0 radical (unpaired) electrons. The Balaban J connectivity index is 0.00000200. The fraction of sp³-hybridized carbons (Fsp3) is 0.538. The number of benzene rings is 1. The van der Waals surface area contributed by atoms with Crippen molar-refractivity contribution < 1.29 is 14.4 Å². The monoisotopic (exact) mass is 304 g/mol. The highest BCUT2D eigenvalue weighted by Gasteiger charge is 2.27. The van der Waals surface area contributed by atoms with Crippen molar-refractivity contribution in [2.45, 2.75) is 38.1 Å². The van der Waals surface area contributed by atoms with Gasteiger partial charge in [0.15, 0.2) is 11.6 Å². The summed E-state index contributed by atoms with van der Waals surface area (Å²) >= 11 is 0. The van der Waals surface area contributed by atoms with Gasteiger partial charge in [0.2, 0.25) is 0 Å². The van der Waals surface area contributed by atoms with Crippen LogP contribution in [0.4, 0.5) is 10.1 Å². The first-order valence-electron chi connectivity index (χ1n) is 6.43. The molecule has 0 bridgehead atoms. The average molecular weight is 305 g/mol. The molecule has 1 aromatic rings. The van der Waals surface area contributed by atoms with Crippen LogP contribution < -0.4 is 5.73 Å². The summed E-state index contributed by atoms with van der Waals surface area (Å²) in [5, 5.41) is 20.5. The predicted molar refractivity (Wildman–Crippen MR) is 75.5 cm³/mol. The summed E-state index contributed by atoms with van der Waals surface area (Å²) in [6, 6.07) is 1.33. The minimum Gasteiger partial charge on any atom is -0.505 e.